The number of ether oxygens (including phenoxy) is 2. The minimum Gasteiger partial charge on any atom is -0.461 e. The van der Waals surface area contributed by atoms with Gasteiger partial charge in [0.25, 0.3) is 0 Å². The molecule has 56 heavy (non-hydrogen) atoms. The number of nitrogens with one attached hydrogen (secondary N) is 5. The highest BCUT2D eigenvalue weighted by atomic mass is 16.5. The predicted molar refractivity (Wildman–Crippen MR) is 208 cm³/mol. The smallest absolute Gasteiger partial charge is 0.328 e. The van der Waals surface area contributed by atoms with Gasteiger partial charge in [-0.15, -0.1) is 0 Å². The molecule has 1 aliphatic heterocycles. The fourth-order valence-corrected chi connectivity index (χ4v) is 5.99. The van der Waals surface area contributed by atoms with Crippen molar-refractivity contribution in [2.75, 3.05) is 13.1 Å². The fraction of sp³-hybridized carbons (Fsp3) is 0.537. The number of urea groups is 1. The largest absolute Gasteiger partial charge is 0.461 e. The Labute approximate surface area is 329 Å². The number of hydrogen-bond acceptors (Lipinski definition) is 9. The van der Waals surface area contributed by atoms with Gasteiger partial charge >= 0.3 is 18.0 Å². The molecule has 0 unspecified atom stereocenters. The van der Waals surface area contributed by atoms with Gasteiger partial charge in [-0.05, 0) is 56.1 Å². The lowest BCUT2D eigenvalue weighted by molar-refractivity contribution is -0.150. The molecule has 0 spiro atoms. The molecule has 15 nitrogen and oxygen atoms in total. The summed E-state index contributed by atoms with van der Waals surface area (Å²) in [6.07, 6.45) is 2.07. The summed E-state index contributed by atoms with van der Waals surface area (Å²) < 4.78 is 10.9. The van der Waals surface area contributed by atoms with E-state index in [0.29, 0.717) is 31.5 Å². The summed E-state index contributed by atoms with van der Waals surface area (Å²) in [5, 5.41) is 13.1. The van der Waals surface area contributed by atoms with Crippen molar-refractivity contribution in [3.8, 4) is 0 Å². The minimum absolute atomic E-state index is 0.0325. The molecule has 1 fully saturated rings. The lowest BCUT2D eigenvalue weighted by Crippen LogP contribution is -2.59. The molecule has 2 aromatic rings. The normalized spacial score (nSPS) is 14.5. The molecule has 1 heterocycles. The SMILES string of the molecule is CCC(CC)NC(=O)N[C@H](C)C(=O)N[C@@H](CC(=O)N1CCCC1)C(=O)N[C@@H](CC(=O)OCc1ccccc1)C(=O)N[C@@H](CC(C)C)C(=O)OCc1ccccc1. The van der Waals surface area contributed by atoms with Gasteiger partial charge in [0.15, 0.2) is 0 Å². The van der Waals surface area contributed by atoms with Crippen LogP contribution in [-0.4, -0.2) is 89.8 Å². The third kappa shape index (κ3) is 15.7. The Morgan fingerprint density at radius 1 is 0.625 bits per heavy atom. The number of esters is 2. The van der Waals surface area contributed by atoms with Crippen molar-refractivity contribution in [1.29, 1.82) is 0 Å². The zero-order chi connectivity index (χ0) is 41.0. The van der Waals surface area contributed by atoms with Crippen molar-refractivity contribution in [2.24, 2.45) is 5.92 Å². The zero-order valence-corrected chi connectivity index (χ0v) is 33.1. The minimum atomic E-state index is -1.58. The van der Waals surface area contributed by atoms with Crippen molar-refractivity contribution in [3.63, 3.8) is 0 Å². The maximum absolute atomic E-state index is 14.0. The molecule has 15 heteroatoms. The lowest BCUT2D eigenvalue weighted by atomic mass is 10.0. The van der Waals surface area contributed by atoms with Crippen LogP contribution in [0.1, 0.15) is 90.7 Å². The second-order valence-electron chi connectivity index (χ2n) is 14.4. The Balaban J connectivity index is 1.83. The molecule has 4 atom stereocenters. The van der Waals surface area contributed by atoms with E-state index in [1.807, 2.05) is 39.8 Å². The predicted octanol–water partition coefficient (Wildman–Crippen LogP) is 3.25. The summed E-state index contributed by atoms with van der Waals surface area (Å²) in [5.74, 6) is -4.53. The van der Waals surface area contributed by atoms with E-state index in [0.717, 1.165) is 18.4 Å². The highest BCUT2D eigenvalue weighted by molar-refractivity contribution is 5.98. The average Bonchev–Trinajstić information content (AvgIpc) is 3.73. The van der Waals surface area contributed by atoms with Crippen molar-refractivity contribution in [1.82, 2.24) is 31.5 Å². The molecule has 0 aromatic heterocycles. The monoisotopic (exact) mass is 778 g/mol. The topological polar surface area (TPSA) is 201 Å². The molecule has 6 amide bonds. The molecular formula is C41H58N6O9. The molecule has 1 aliphatic rings. The summed E-state index contributed by atoms with van der Waals surface area (Å²) in [6, 6.07) is 11.9. The van der Waals surface area contributed by atoms with Crippen LogP contribution in [0.3, 0.4) is 0 Å². The van der Waals surface area contributed by atoms with Gasteiger partial charge < -0.3 is 41.0 Å². The molecule has 0 aliphatic carbocycles. The van der Waals surface area contributed by atoms with Gasteiger partial charge in [0, 0.05) is 19.1 Å². The molecule has 0 bridgehead atoms. The van der Waals surface area contributed by atoms with E-state index in [9.17, 15) is 33.6 Å². The van der Waals surface area contributed by atoms with Crippen LogP contribution in [-0.2, 0) is 51.5 Å². The van der Waals surface area contributed by atoms with Gasteiger partial charge in [-0.25, -0.2) is 9.59 Å². The molecule has 1 saturated heterocycles. The second kappa shape index (κ2) is 23.4. The number of amides is 6. The Morgan fingerprint density at radius 2 is 1.12 bits per heavy atom. The molecule has 2 aromatic carbocycles. The third-order valence-corrected chi connectivity index (χ3v) is 9.31. The lowest BCUT2D eigenvalue weighted by Gasteiger charge is -2.27. The number of carbonyl (C=O) groups excluding carboxylic acids is 7. The molecular weight excluding hydrogens is 720 g/mol. The Morgan fingerprint density at radius 3 is 1.66 bits per heavy atom. The van der Waals surface area contributed by atoms with Crippen molar-refractivity contribution >= 4 is 41.6 Å². The molecule has 0 saturated carbocycles. The van der Waals surface area contributed by atoms with Crippen LogP contribution in [0.2, 0.25) is 0 Å². The number of rotatable bonds is 21. The standard InChI is InChI=1S/C41H58N6O9/c1-6-31(7-2)43-41(54)42-28(5)37(50)44-32(23-35(48)47-20-14-15-21-47)38(51)45-33(24-36(49)55-25-29-16-10-8-11-17-29)39(52)46-34(22-27(3)4)40(53)56-26-30-18-12-9-13-19-30/h8-13,16-19,27-28,31-34H,6-7,14-15,20-26H2,1-5H3,(H,44,50)(H,45,51)(H,46,52)(H2,42,43,54)/t28-,32+,33+,34+/m1/s1. The first-order chi connectivity index (χ1) is 26.8. The van der Waals surface area contributed by atoms with Crippen molar-refractivity contribution in [3.05, 3.63) is 71.8 Å². The van der Waals surface area contributed by atoms with Crippen LogP contribution < -0.4 is 26.6 Å². The van der Waals surface area contributed by atoms with Crippen LogP contribution in [0.5, 0.6) is 0 Å². The van der Waals surface area contributed by atoms with E-state index in [-0.39, 0.29) is 31.6 Å². The highest BCUT2D eigenvalue weighted by Gasteiger charge is 2.35. The quantitative estimate of drug-likeness (QED) is 0.118. The van der Waals surface area contributed by atoms with Crippen LogP contribution >= 0.6 is 0 Å². The summed E-state index contributed by atoms with van der Waals surface area (Å²) in [6.45, 7) is 9.85. The summed E-state index contributed by atoms with van der Waals surface area (Å²) >= 11 is 0. The molecule has 306 valence electrons. The van der Waals surface area contributed by atoms with Crippen molar-refractivity contribution in [2.45, 2.75) is 123 Å². The number of likely N-dealkylation sites (tertiary alicyclic amines) is 1. The molecule has 0 radical (unpaired) electrons. The zero-order valence-electron chi connectivity index (χ0n) is 33.1. The van der Waals surface area contributed by atoms with E-state index in [1.54, 1.807) is 53.4 Å². The maximum atomic E-state index is 14.0. The van der Waals surface area contributed by atoms with Crippen LogP contribution in [0.15, 0.2) is 60.7 Å². The average molecular weight is 779 g/mol. The Bertz CT molecular complexity index is 1600. The second-order valence-corrected chi connectivity index (χ2v) is 14.4. The van der Waals surface area contributed by atoms with Gasteiger partial charge in [-0.2, -0.15) is 0 Å². The maximum Gasteiger partial charge on any atom is 0.328 e. The number of hydrogen-bond donors (Lipinski definition) is 5. The first kappa shape index (κ1) is 44.9. The van der Waals surface area contributed by atoms with E-state index in [2.05, 4.69) is 26.6 Å². The van der Waals surface area contributed by atoms with Crippen LogP contribution in [0, 0.1) is 5.92 Å². The van der Waals surface area contributed by atoms with Gasteiger partial charge in [-0.1, -0.05) is 88.4 Å². The van der Waals surface area contributed by atoms with Gasteiger partial charge in [0.05, 0.1) is 12.8 Å². The molecule has 3 rings (SSSR count). The Hall–Kier alpha value is -5.47. The van der Waals surface area contributed by atoms with Crippen molar-refractivity contribution < 1.29 is 43.0 Å². The van der Waals surface area contributed by atoms with E-state index >= 15 is 0 Å². The van der Waals surface area contributed by atoms with E-state index in [1.165, 1.54) is 6.92 Å². The van der Waals surface area contributed by atoms with Crippen LogP contribution in [0.4, 0.5) is 4.79 Å². The third-order valence-electron chi connectivity index (χ3n) is 9.31. The Kier molecular flexibility index (Phi) is 18.8. The summed E-state index contributed by atoms with van der Waals surface area (Å²) in [4.78, 5) is 95.2. The first-order valence-electron chi connectivity index (χ1n) is 19.4. The fourth-order valence-electron chi connectivity index (χ4n) is 5.99. The van der Waals surface area contributed by atoms with Crippen LogP contribution in [0.25, 0.3) is 0 Å². The highest BCUT2D eigenvalue weighted by Crippen LogP contribution is 2.13. The summed E-state index contributed by atoms with van der Waals surface area (Å²) in [5.41, 5.74) is 1.44. The van der Waals surface area contributed by atoms with E-state index < -0.39 is 78.6 Å². The molecule has 5 N–H and O–H groups in total. The van der Waals surface area contributed by atoms with Gasteiger partial charge in [-0.3, -0.25) is 24.0 Å². The summed E-state index contributed by atoms with van der Waals surface area (Å²) in [7, 11) is 0. The number of benzene rings is 2. The number of carbonyl (C=O) groups is 7. The van der Waals surface area contributed by atoms with Gasteiger partial charge in [0.2, 0.25) is 23.6 Å². The van der Waals surface area contributed by atoms with Gasteiger partial charge in [0.1, 0.15) is 37.4 Å². The first-order valence-corrected chi connectivity index (χ1v) is 19.4. The van der Waals surface area contributed by atoms with E-state index in [4.69, 9.17) is 9.47 Å². The number of nitrogens with zero attached hydrogens (tertiary/aromatic N) is 1.